The monoisotopic (exact) mass is 381 g/mol. The number of hydrogen-bond acceptors (Lipinski definition) is 3. The molecule has 0 bridgehead atoms. The van der Waals surface area contributed by atoms with Crippen LogP contribution in [0.4, 0.5) is 13.2 Å². The van der Waals surface area contributed by atoms with Gasteiger partial charge in [-0.25, -0.2) is 0 Å². The first-order valence-corrected chi connectivity index (χ1v) is 8.25. The Balaban J connectivity index is 1.81. The molecule has 8 heteroatoms. The van der Waals surface area contributed by atoms with E-state index in [0.717, 1.165) is 16.9 Å². The van der Waals surface area contributed by atoms with Crippen LogP contribution in [0.1, 0.15) is 11.1 Å². The number of halogens is 3. The predicted octanol–water partition coefficient (Wildman–Crippen LogP) is 3.50. The van der Waals surface area contributed by atoms with E-state index in [2.05, 4.69) is 20.4 Å². The minimum absolute atomic E-state index is 0.177. The van der Waals surface area contributed by atoms with Gasteiger partial charge < -0.3 is 20.1 Å². The van der Waals surface area contributed by atoms with Gasteiger partial charge in [-0.3, -0.25) is 4.99 Å². The summed E-state index contributed by atoms with van der Waals surface area (Å²) < 4.78 is 46.3. The molecule has 0 atom stereocenters. The largest absolute Gasteiger partial charge is 0.497 e. The van der Waals surface area contributed by atoms with Crippen molar-refractivity contribution in [3.05, 3.63) is 59.7 Å². The average Bonchev–Trinajstić information content (AvgIpc) is 2.67. The Bertz CT molecular complexity index is 747. The lowest BCUT2D eigenvalue weighted by molar-refractivity contribution is -0.153. The summed E-state index contributed by atoms with van der Waals surface area (Å²) in [5.74, 6) is 1.57. The van der Waals surface area contributed by atoms with Crippen molar-refractivity contribution in [3.8, 4) is 11.5 Å². The van der Waals surface area contributed by atoms with Gasteiger partial charge in [-0.15, -0.1) is 0 Å². The quantitative estimate of drug-likeness (QED) is 0.569. The Hall–Kier alpha value is -2.90. The standard InChI is InChI=1S/C19H22F3N3O2/c1-23-18(25-12-15-4-3-5-17(10-15)26-2)24-11-14-6-8-16(9-7-14)27-13-19(20,21)22/h3-10H,11-13H2,1-2H3,(H2,23,24,25). The van der Waals surface area contributed by atoms with Crippen LogP contribution in [0.25, 0.3) is 0 Å². The van der Waals surface area contributed by atoms with E-state index >= 15 is 0 Å². The first kappa shape index (κ1) is 20.4. The van der Waals surface area contributed by atoms with Crippen LogP contribution in [0.3, 0.4) is 0 Å². The van der Waals surface area contributed by atoms with E-state index in [0.29, 0.717) is 19.0 Å². The molecule has 0 amide bonds. The van der Waals surface area contributed by atoms with E-state index in [9.17, 15) is 13.2 Å². The zero-order valence-corrected chi connectivity index (χ0v) is 15.1. The highest BCUT2D eigenvalue weighted by Crippen LogP contribution is 2.18. The number of benzene rings is 2. The molecule has 2 N–H and O–H groups in total. The molecule has 0 spiro atoms. The topological polar surface area (TPSA) is 54.9 Å². The maximum Gasteiger partial charge on any atom is 0.422 e. The Labute approximate surface area is 156 Å². The fourth-order valence-electron chi connectivity index (χ4n) is 2.24. The number of nitrogens with zero attached hydrogens (tertiary/aromatic N) is 1. The number of alkyl halides is 3. The van der Waals surface area contributed by atoms with Crippen molar-refractivity contribution in [3.63, 3.8) is 0 Å². The highest BCUT2D eigenvalue weighted by Gasteiger charge is 2.28. The second-order valence-corrected chi connectivity index (χ2v) is 5.68. The van der Waals surface area contributed by atoms with Crippen molar-refractivity contribution in [2.45, 2.75) is 19.3 Å². The number of guanidine groups is 1. The molecule has 2 rings (SSSR count). The molecule has 0 unspecified atom stereocenters. The summed E-state index contributed by atoms with van der Waals surface area (Å²) in [6, 6.07) is 14.1. The highest BCUT2D eigenvalue weighted by atomic mass is 19.4. The summed E-state index contributed by atoms with van der Waals surface area (Å²) in [5.41, 5.74) is 1.93. The van der Waals surface area contributed by atoms with E-state index in [1.54, 1.807) is 26.3 Å². The molecule has 0 fully saturated rings. The zero-order valence-electron chi connectivity index (χ0n) is 15.1. The Morgan fingerprint density at radius 1 is 0.963 bits per heavy atom. The van der Waals surface area contributed by atoms with Crippen LogP contribution < -0.4 is 20.1 Å². The predicted molar refractivity (Wildman–Crippen MR) is 98.0 cm³/mol. The van der Waals surface area contributed by atoms with Crippen LogP contribution in [0.2, 0.25) is 0 Å². The van der Waals surface area contributed by atoms with Gasteiger partial charge in [-0.2, -0.15) is 13.2 Å². The van der Waals surface area contributed by atoms with Crippen LogP contribution >= 0.6 is 0 Å². The lowest BCUT2D eigenvalue weighted by Gasteiger charge is -2.13. The fraction of sp³-hybridized carbons (Fsp3) is 0.316. The molecular formula is C19H22F3N3O2. The Morgan fingerprint density at radius 3 is 2.22 bits per heavy atom. The van der Waals surface area contributed by atoms with Gasteiger partial charge in [0.15, 0.2) is 12.6 Å². The van der Waals surface area contributed by atoms with E-state index in [1.807, 2.05) is 24.3 Å². The van der Waals surface area contributed by atoms with E-state index in [1.165, 1.54) is 12.1 Å². The smallest absolute Gasteiger partial charge is 0.422 e. The first-order chi connectivity index (χ1) is 12.9. The van der Waals surface area contributed by atoms with Crippen molar-refractivity contribution in [2.24, 2.45) is 4.99 Å². The summed E-state index contributed by atoms with van der Waals surface area (Å²) in [5, 5.41) is 6.34. The van der Waals surface area contributed by atoms with Crippen molar-refractivity contribution < 1.29 is 22.6 Å². The Kier molecular flexibility index (Phi) is 7.34. The molecule has 0 aromatic heterocycles. The SMILES string of the molecule is CN=C(NCc1ccc(OCC(F)(F)F)cc1)NCc1cccc(OC)c1. The van der Waals surface area contributed by atoms with Crippen LogP contribution in [-0.4, -0.2) is 32.9 Å². The van der Waals surface area contributed by atoms with Crippen LogP contribution in [0.15, 0.2) is 53.5 Å². The zero-order chi connectivity index (χ0) is 19.7. The first-order valence-electron chi connectivity index (χ1n) is 8.25. The summed E-state index contributed by atoms with van der Waals surface area (Å²) in [7, 11) is 3.28. The minimum atomic E-state index is -4.35. The molecule has 0 saturated carbocycles. The van der Waals surface area contributed by atoms with Crippen molar-refractivity contribution in [1.82, 2.24) is 10.6 Å². The number of aliphatic imine (C=N–C) groups is 1. The molecule has 0 saturated heterocycles. The van der Waals surface area contributed by atoms with E-state index in [-0.39, 0.29) is 5.75 Å². The molecule has 2 aromatic rings. The molecule has 0 aliphatic carbocycles. The maximum atomic E-state index is 12.1. The van der Waals surface area contributed by atoms with Crippen LogP contribution in [-0.2, 0) is 13.1 Å². The molecule has 0 aliphatic heterocycles. The summed E-state index contributed by atoms with van der Waals surface area (Å²) in [6.45, 7) is -0.260. The van der Waals surface area contributed by atoms with Crippen molar-refractivity contribution in [1.29, 1.82) is 0 Å². The lowest BCUT2D eigenvalue weighted by Crippen LogP contribution is -2.36. The summed E-state index contributed by atoms with van der Waals surface area (Å²) >= 11 is 0. The van der Waals surface area contributed by atoms with Crippen LogP contribution in [0.5, 0.6) is 11.5 Å². The van der Waals surface area contributed by atoms with Crippen LogP contribution in [0, 0.1) is 0 Å². The number of methoxy groups -OCH3 is 1. The number of nitrogens with one attached hydrogen (secondary N) is 2. The fourth-order valence-corrected chi connectivity index (χ4v) is 2.24. The van der Waals surface area contributed by atoms with E-state index < -0.39 is 12.8 Å². The molecule has 27 heavy (non-hydrogen) atoms. The third-order valence-corrected chi connectivity index (χ3v) is 3.60. The summed E-state index contributed by atoms with van der Waals surface area (Å²) in [4.78, 5) is 4.15. The highest BCUT2D eigenvalue weighted by molar-refractivity contribution is 5.79. The molecule has 2 aromatic carbocycles. The lowest BCUT2D eigenvalue weighted by atomic mass is 10.2. The minimum Gasteiger partial charge on any atom is -0.497 e. The average molecular weight is 381 g/mol. The third-order valence-electron chi connectivity index (χ3n) is 3.60. The number of rotatable bonds is 7. The van der Waals surface area contributed by atoms with Gasteiger partial charge in [0.05, 0.1) is 7.11 Å². The number of hydrogen-bond donors (Lipinski definition) is 2. The molecule has 0 heterocycles. The molecule has 0 radical (unpaired) electrons. The van der Waals surface area contributed by atoms with E-state index in [4.69, 9.17) is 4.74 Å². The Morgan fingerprint density at radius 2 is 1.63 bits per heavy atom. The second-order valence-electron chi connectivity index (χ2n) is 5.68. The third kappa shape index (κ3) is 7.47. The van der Waals surface area contributed by atoms with Gasteiger partial charge in [0.2, 0.25) is 0 Å². The van der Waals surface area contributed by atoms with Gasteiger partial charge in [-0.1, -0.05) is 24.3 Å². The maximum absolute atomic E-state index is 12.1. The second kappa shape index (κ2) is 9.70. The molecule has 5 nitrogen and oxygen atoms in total. The van der Waals surface area contributed by atoms with Crippen molar-refractivity contribution >= 4 is 5.96 Å². The normalized spacial score (nSPS) is 11.8. The van der Waals surface area contributed by atoms with Gasteiger partial charge in [0.25, 0.3) is 0 Å². The number of ether oxygens (including phenoxy) is 2. The van der Waals surface area contributed by atoms with Gasteiger partial charge in [-0.05, 0) is 35.4 Å². The summed E-state index contributed by atoms with van der Waals surface area (Å²) in [6.07, 6.45) is -4.35. The molecule has 146 valence electrons. The van der Waals surface area contributed by atoms with Crippen molar-refractivity contribution in [2.75, 3.05) is 20.8 Å². The van der Waals surface area contributed by atoms with Gasteiger partial charge in [0.1, 0.15) is 11.5 Å². The van der Waals surface area contributed by atoms with Gasteiger partial charge in [0, 0.05) is 20.1 Å². The van der Waals surface area contributed by atoms with Gasteiger partial charge >= 0.3 is 6.18 Å². The molecular weight excluding hydrogens is 359 g/mol. The molecule has 0 aliphatic rings.